The van der Waals surface area contributed by atoms with E-state index in [-0.39, 0.29) is 5.91 Å². The van der Waals surface area contributed by atoms with Crippen LogP contribution >= 0.6 is 0 Å². The highest BCUT2D eigenvalue weighted by molar-refractivity contribution is 5.94. The summed E-state index contributed by atoms with van der Waals surface area (Å²) in [4.78, 5) is 17.5. The Labute approximate surface area is 178 Å². The predicted octanol–water partition coefficient (Wildman–Crippen LogP) is 3.38. The molecule has 6 nitrogen and oxygen atoms in total. The van der Waals surface area contributed by atoms with Crippen molar-refractivity contribution in [1.82, 2.24) is 9.80 Å². The van der Waals surface area contributed by atoms with Crippen LogP contribution in [0.2, 0.25) is 0 Å². The maximum atomic E-state index is 13.0. The van der Waals surface area contributed by atoms with Crippen molar-refractivity contribution in [1.29, 1.82) is 0 Å². The van der Waals surface area contributed by atoms with Crippen molar-refractivity contribution in [3.8, 4) is 17.2 Å². The Balaban J connectivity index is 1.45. The summed E-state index contributed by atoms with van der Waals surface area (Å²) in [5.74, 6) is 2.44. The summed E-state index contributed by atoms with van der Waals surface area (Å²) in [5, 5.41) is 0. The Morgan fingerprint density at radius 3 is 2.30 bits per heavy atom. The van der Waals surface area contributed by atoms with E-state index >= 15 is 0 Å². The summed E-state index contributed by atoms with van der Waals surface area (Å²) >= 11 is 0. The van der Waals surface area contributed by atoms with Gasteiger partial charge in [0.1, 0.15) is 5.75 Å². The molecule has 0 radical (unpaired) electrons. The van der Waals surface area contributed by atoms with Crippen molar-refractivity contribution in [2.75, 3.05) is 41.0 Å². The number of piperidine rings is 1. The summed E-state index contributed by atoms with van der Waals surface area (Å²) < 4.78 is 16.1. The minimum absolute atomic E-state index is 0.103. The van der Waals surface area contributed by atoms with E-state index < -0.39 is 0 Å². The topological polar surface area (TPSA) is 51.2 Å². The van der Waals surface area contributed by atoms with Crippen LogP contribution in [0.5, 0.6) is 17.2 Å². The molecule has 2 aromatic carbocycles. The Morgan fingerprint density at radius 2 is 1.63 bits per heavy atom. The molecule has 2 aromatic rings. The molecule has 1 atom stereocenters. The molecule has 6 heteroatoms. The van der Waals surface area contributed by atoms with E-state index in [1.54, 1.807) is 21.3 Å². The first-order valence-corrected chi connectivity index (χ1v) is 10.5. The molecule has 1 amide bonds. The first-order valence-electron chi connectivity index (χ1n) is 10.5. The molecule has 1 fully saturated rings. The molecule has 0 aliphatic carbocycles. The number of benzene rings is 2. The highest BCUT2D eigenvalue weighted by atomic mass is 16.5. The number of ether oxygens (including phenoxy) is 3. The number of carbonyl (C=O) groups excluding carboxylic acids is 1. The van der Waals surface area contributed by atoms with E-state index in [9.17, 15) is 4.79 Å². The van der Waals surface area contributed by atoms with Gasteiger partial charge in [-0.25, -0.2) is 0 Å². The first-order chi connectivity index (χ1) is 14.6. The van der Waals surface area contributed by atoms with Crippen molar-refractivity contribution >= 4 is 5.91 Å². The fraction of sp³-hybridized carbons (Fsp3) is 0.458. The number of amides is 1. The maximum Gasteiger partial charge on any atom is 0.253 e. The minimum Gasteiger partial charge on any atom is -0.497 e. The lowest BCUT2D eigenvalue weighted by Crippen LogP contribution is -2.51. The Morgan fingerprint density at radius 1 is 0.933 bits per heavy atom. The second-order valence-electron chi connectivity index (χ2n) is 7.97. The molecule has 0 aromatic heterocycles. The number of carbonyl (C=O) groups is 1. The molecule has 160 valence electrons. The third kappa shape index (κ3) is 4.10. The standard InChI is InChI=1S/C24H30N2O4/c1-28-21-8-6-17(7-9-21)24(27)26-11-4-5-20(16-26)25-12-10-18-13-22(29-2)23(30-3)14-19(18)15-25/h6-9,13-14,20H,4-5,10-12,15-16H2,1-3H3. The molecule has 2 aliphatic rings. The van der Waals surface area contributed by atoms with Crippen molar-refractivity contribution in [2.45, 2.75) is 31.8 Å². The molecule has 30 heavy (non-hydrogen) atoms. The van der Waals surface area contributed by atoms with Gasteiger partial charge in [-0.1, -0.05) is 0 Å². The molecular formula is C24H30N2O4. The molecule has 0 spiro atoms. The Hall–Kier alpha value is -2.73. The third-order valence-corrected chi connectivity index (χ3v) is 6.28. The average Bonchev–Trinajstić information content (AvgIpc) is 2.82. The Bertz CT molecular complexity index is 897. The van der Waals surface area contributed by atoms with Gasteiger partial charge in [-0.2, -0.15) is 0 Å². The monoisotopic (exact) mass is 410 g/mol. The van der Waals surface area contributed by atoms with Gasteiger partial charge >= 0.3 is 0 Å². The zero-order valence-corrected chi connectivity index (χ0v) is 18.0. The van der Waals surface area contributed by atoms with Crippen LogP contribution in [0.1, 0.15) is 34.3 Å². The zero-order chi connectivity index (χ0) is 21.1. The van der Waals surface area contributed by atoms with Crippen LogP contribution in [-0.2, 0) is 13.0 Å². The van der Waals surface area contributed by atoms with Crippen LogP contribution in [-0.4, -0.2) is 62.7 Å². The van der Waals surface area contributed by atoms with Gasteiger partial charge in [0, 0.05) is 37.8 Å². The number of likely N-dealkylation sites (tertiary alicyclic amines) is 1. The lowest BCUT2D eigenvalue weighted by atomic mass is 9.95. The number of methoxy groups -OCH3 is 3. The number of hydrogen-bond acceptors (Lipinski definition) is 5. The zero-order valence-electron chi connectivity index (χ0n) is 18.0. The van der Waals surface area contributed by atoms with E-state index in [0.29, 0.717) is 6.04 Å². The van der Waals surface area contributed by atoms with Gasteiger partial charge in [0.25, 0.3) is 5.91 Å². The van der Waals surface area contributed by atoms with Gasteiger partial charge in [0.15, 0.2) is 11.5 Å². The molecule has 1 saturated heterocycles. The van der Waals surface area contributed by atoms with Gasteiger partial charge in [-0.3, -0.25) is 9.69 Å². The SMILES string of the molecule is COc1ccc(C(=O)N2CCCC(N3CCc4cc(OC)c(OC)cc4C3)C2)cc1. The summed E-state index contributed by atoms with van der Waals surface area (Å²) in [6, 6.07) is 12.0. The molecule has 2 aliphatic heterocycles. The van der Waals surface area contributed by atoms with Gasteiger partial charge in [0.05, 0.1) is 21.3 Å². The molecule has 2 heterocycles. The smallest absolute Gasteiger partial charge is 0.253 e. The normalized spacial score (nSPS) is 19.2. The van der Waals surface area contributed by atoms with Gasteiger partial charge in [0.2, 0.25) is 0 Å². The van der Waals surface area contributed by atoms with Crippen LogP contribution < -0.4 is 14.2 Å². The second-order valence-corrected chi connectivity index (χ2v) is 7.97. The van der Waals surface area contributed by atoms with Crippen LogP contribution in [0.3, 0.4) is 0 Å². The average molecular weight is 411 g/mol. The molecule has 4 rings (SSSR count). The fourth-order valence-electron chi connectivity index (χ4n) is 4.57. The molecule has 0 saturated carbocycles. The van der Waals surface area contributed by atoms with Gasteiger partial charge in [-0.15, -0.1) is 0 Å². The van der Waals surface area contributed by atoms with Crippen molar-refractivity contribution in [3.05, 3.63) is 53.1 Å². The largest absolute Gasteiger partial charge is 0.497 e. The van der Waals surface area contributed by atoms with Gasteiger partial charge < -0.3 is 19.1 Å². The molecule has 0 bridgehead atoms. The van der Waals surface area contributed by atoms with Crippen LogP contribution in [0, 0.1) is 0 Å². The lowest BCUT2D eigenvalue weighted by molar-refractivity contribution is 0.0548. The predicted molar refractivity (Wildman–Crippen MR) is 116 cm³/mol. The third-order valence-electron chi connectivity index (χ3n) is 6.28. The Kier molecular flexibility index (Phi) is 6.13. The quantitative estimate of drug-likeness (QED) is 0.757. The van der Waals surface area contributed by atoms with Gasteiger partial charge in [-0.05, 0) is 66.8 Å². The molecule has 0 N–H and O–H groups in total. The number of nitrogens with zero attached hydrogens (tertiary/aromatic N) is 2. The molecule has 1 unspecified atom stereocenters. The van der Waals surface area contributed by atoms with Crippen LogP contribution in [0.15, 0.2) is 36.4 Å². The highest BCUT2D eigenvalue weighted by Crippen LogP contribution is 2.34. The van der Waals surface area contributed by atoms with Crippen molar-refractivity contribution < 1.29 is 19.0 Å². The maximum absolute atomic E-state index is 13.0. The van der Waals surface area contributed by atoms with E-state index in [0.717, 1.165) is 68.3 Å². The summed E-state index contributed by atoms with van der Waals surface area (Å²) in [7, 11) is 4.99. The van der Waals surface area contributed by atoms with Crippen molar-refractivity contribution in [3.63, 3.8) is 0 Å². The molecular weight excluding hydrogens is 380 g/mol. The number of hydrogen-bond donors (Lipinski definition) is 0. The highest BCUT2D eigenvalue weighted by Gasteiger charge is 2.30. The van der Waals surface area contributed by atoms with E-state index in [1.807, 2.05) is 29.2 Å². The second kappa shape index (κ2) is 8.96. The lowest BCUT2D eigenvalue weighted by Gasteiger charge is -2.41. The summed E-state index contributed by atoms with van der Waals surface area (Å²) in [5.41, 5.74) is 3.33. The van der Waals surface area contributed by atoms with E-state index in [2.05, 4.69) is 17.0 Å². The summed E-state index contributed by atoms with van der Waals surface area (Å²) in [6.45, 7) is 3.47. The van der Waals surface area contributed by atoms with E-state index in [1.165, 1.54) is 11.1 Å². The van der Waals surface area contributed by atoms with Crippen LogP contribution in [0.25, 0.3) is 0 Å². The minimum atomic E-state index is 0.103. The fourth-order valence-corrected chi connectivity index (χ4v) is 4.57. The number of fused-ring (bicyclic) bond motifs is 1. The first kappa shape index (κ1) is 20.5. The van der Waals surface area contributed by atoms with Crippen molar-refractivity contribution in [2.24, 2.45) is 0 Å². The number of rotatable bonds is 5. The van der Waals surface area contributed by atoms with Crippen LogP contribution in [0.4, 0.5) is 0 Å². The van der Waals surface area contributed by atoms with E-state index in [4.69, 9.17) is 14.2 Å². The summed E-state index contributed by atoms with van der Waals surface area (Å²) in [6.07, 6.45) is 3.13.